The Labute approximate surface area is 153 Å². The second-order valence-electron chi connectivity index (χ2n) is 6.29. The zero-order chi connectivity index (χ0) is 18.7. The number of benzene rings is 3. The highest BCUT2D eigenvalue weighted by atomic mass is 32.2. The molecule has 1 amide bonds. The van der Waals surface area contributed by atoms with E-state index >= 15 is 0 Å². The maximum absolute atomic E-state index is 12.6. The minimum Gasteiger partial charge on any atom is -0.337 e. The van der Waals surface area contributed by atoms with E-state index in [1.165, 1.54) is 5.39 Å². The number of fused-ring (bicyclic) bond motifs is 1. The minimum atomic E-state index is -3.33. The van der Waals surface area contributed by atoms with Crippen LogP contribution in [0.3, 0.4) is 0 Å². The molecule has 134 valence electrons. The number of nitrogens with one attached hydrogen (secondary N) is 1. The van der Waals surface area contributed by atoms with Crippen LogP contribution in [0.15, 0.2) is 66.7 Å². The largest absolute Gasteiger partial charge is 0.337 e. The molecule has 0 heterocycles. The molecule has 0 bridgehead atoms. The van der Waals surface area contributed by atoms with E-state index < -0.39 is 10.0 Å². The standard InChI is InChI=1S/C20H20N2O3S/c1-22(14-15-7-8-16-5-3-4-6-18(16)13-15)20(23)17-9-11-19(12-10-17)21-26(2,24)25/h3-13,21H,14H2,1-2H3. The van der Waals surface area contributed by atoms with Crippen LogP contribution in [0.1, 0.15) is 15.9 Å². The van der Waals surface area contributed by atoms with Gasteiger partial charge in [0.2, 0.25) is 10.0 Å². The van der Waals surface area contributed by atoms with E-state index in [0.717, 1.165) is 17.2 Å². The summed E-state index contributed by atoms with van der Waals surface area (Å²) in [6.07, 6.45) is 1.09. The van der Waals surface area contributed by atoms with Crippen molar-refractivity contribution in [3.8, 4) is 0 Å². The molecule has 0 saturated carbocycles. The third-order valence-corrected chi connectivity index (χ3v) is 4.62. The number of nitrogens with zero attached hydrogens (tertiary/aromatic N) is 1. The van der Waals surface area contributed by atoms with Crippen molar-refractivity contribution in [3.63, 3.8) is 0 Å². The molecule has 3 aromatic carbocycles. The van der Waals surface area contributed by atoms with Crippen LogP contribution >= 0.6 is 0 Å². The van der Waals surface area contributed by atoms with Crippen LogP contribution in [-0.2, 0) is 16.6 Å². The number of hydrogen-bond donors (Lipinski definition) is 1. The van der Waals surface area contributed by atoms with Crippen LogP contribution in [0, 0.1) is 0 Å². The topological polar surface area (TPSA) is 66.5 Å². The van der Waals surface area contributed by atoms with Crippen LogP contribution in [-0.4, -0.2) is 32.5 Å². The first-order chi connectivity index (χ1) is 12.3. The summed E-state index contributed by atoms with van der Waals surface area (Å²) >= 11 is 0. The van der Waals surface area contributed by atoms with Crippen molar-refractivity contribution in [3.05, 3.63) is 77.9 Å². The number of carbonyl (C=O) groups excluding carboxylic acids is 1. The zero-order valence-electron chi connectivity index (χ0n) is 14.6. The van der Waals surface area contributed by atoms with Crippen molar-refractivity contribution in [2.45, 2.75) is 6.54 Å². The molecule has 0 fully saturated rings. The van der Waals surface area contributed by atoms with Gasteiger partial charge in [-0.3, -0.25) is 9.52 Å². The van der Waals surface area contributed by atoms with Crippen LogP contribution in [0.4, 0.5) is 5.69 Å². The van der Waals surface area contributed by atoms with Gasteiger partial charge in [-0.2, -0.15) is 0 Å². The van der Waals surface area contributed by atoms with Crippen LogP contribution < -0.4 is 4.72 Å². The number of hydrogen-bond acceptors (Lipinski definition) is 3. The van der Waals surface area contributed by atoms with E-state index in [1.807, 2.05) is 24.3 Å². The van der Waals surface area contributed by atoms with Gasteiger partial charge in [-0.1, -0.05) is 36.4 Å². The number of rotatable bonds is 5. The molecule has 0 saturated heterocycles. The van der Waals surface area contributed by atoms with Gasteiger partial charge in [-0.25, -0.2) is 8.42 Å². The fraction of sp³-hybridized carbons (Fsp3) is 0.150. The highest BCUT2D eigenvalue weighted by Crippen LogP contribution is 2.18. The van der Waals surface area contributed by atoms with Crippen molar-refractivity contribution in [1.29, 1.82) is 0 Å². The third kappa shape index (κ3) is 4.40. The second-order valence-corrected chi connectivity index (χ2v) is 8.04. The predicted octanol–water partition coefficient (Wildman–Crippen LogP) is 3.48. The number of anilines is 1. The van der Waals surface area contributed by atoms with Gasteiger partial charge in [-0.05, 0) is 46.7 Å². The maximum atomic E-state index is 12.6. The molecule has 6 heteroatoms. The smallest absolute Gasteiger partial charge is 0.253 e. The van der Waals surface area contributed by atoms with Gasteiger partial charge < -0.3 is 4.90 Å². The molecule has 0 radical (unpaired) electrons. The maximum Gasteiger partial charge on any atom is 0.253 e. The lowest BCUT2D eigenvalue weighted by molar-refractivity contribution is 0.0785. The number of sulfonamides is 1. The van der Waals surface area contributed by atoms with Gasteiger partial charge in [0, 0.05) is 24.8 Å². The first-order valence-electron chi connectivity index (χ1n) is 8.13. The summed E-state index contributed by atoms with van der Waals surface area (Å²) in [5.41, 5.74) is 1.99. The fourth-order valence-corrected chi connectivity index (χ4v) is 3.36. The van der Waals surface area contributed by atoms with Crippen molar-refractivity contribution in [2.24, 2.45) is 0 Å². The Hall–Kier alpha value is -2.86. The second kappa shape index (κ2) is 7.17. The van der Waals surface area contributed by atoms with E-state index in [0.29, 0.717) is 17.8 Å². The molecule has 5 nitrogen and oxygen atoms in total. The molecule has 3 rings (SSSR count). The van der Waals surface area contributed by atoms with Gasteiger partial charge in [0.1, 0.15) is 0 Å². The monoisotopic (exact) mass is 368 g/mol. The zero-order valence-corrected chi connectivity index (χ0v) is 15.5. The summed E-state index contributed by atoms with van der Waals surface area (Å²) in [6, 6.07) is 20.6. The van der Waals surface area contributed by atoms with Gasteiger partial charge in [0.05, 0.1) is 6.26 Å². The molecule has 1 N–H and O–H groups in total. The molecule has 0 aromatic heterocycles. The Morgan fingerprint density at radius 1 is 0.962 bits per heavy atom. The van der Waals surface area contributed by atoms with E-state index in [-0.39, 0.29) is 5.91 Å². The molecule has 26 heavy (non-hydrogen) atoms. The van der Waals surface area contributed by atoms with Crippen LogP contribution in [0.5, 0.6) is 0 Å². The summed E-state index contributed by atoms with van der Waals surface area (Å²) < 4.78 is 24.9. The first kappa shape index (κ1) is 17.9. The lowest BCUT2D eigenvalue weighted by Crippen LogP contribution is -2.26. The molecule has 0 atom stereocenters. The summed E-state index contributed by atoms with van der Waals surface area (Å²) in [5, 5.41) is 2.31. The van der Waals surface area contributed by atoms with Gasteiger partial charge >= 0.3 is 0 Å². The third-order valence-electron chi connectivity index (χ3n) is 4.02. The van der Waals surface area contributed by atoms with Gasteiger partial charge in [0.25, 0.3) is 5.91 Å². The quantitative estimate of drug-likeness (QED) is 0.750. The Balaban J connectivity index is 1.72. The molecule has 0 aliphatic heterocycles. The molecular formula is C20H20N2O3S. The SMILES string of the molecule is CN(Cc1ccc2ccccc2c1)C(=O)c1ccc(NS(C)(=O)=O)cc1. The van der Waals surface area contributed by atoms with Crippen molar-refractivity contribution in [1.82, 2.24) is 4.90 Å². The highest BCUT2D eigenvalue weighted by Gasteiger charge is 2.13. The summed E-state index contributed by atoms with van der Waals surface area (Å²) in [5.74, 6) is -0.121. The number of amides is 1. The molecule has 0 unspecified atom stereocenters. The lowest BCUT2D eigenvalue weighted by atomic mass is 10.1. The van der Waals surface area contributed by atoms with Gasteiger partial charge in [0.15, 0.2) is 0 Å². The Bertz CT molecular complexity index is 1040. The summed E-state index contributed by atoms with van der Waals surface area (Å²) in [7, 11) is -1.58. The summed E-state index contributed by atoms with van der Waals surface area (Å²) in [6.45, 7) is 0.493. The van der Waals surface area contributed by atoms with Crippen LogP contribution in [0.2, 0.25) is 0 Å². The molecule has 0 spiro atoms. The van der Waals surface area contributed by atoms with Gasteiger partial charge in [-0.15, -0.1) is 0 Å². The number of carbonyl (C=O) groups is 1. The molecule has 3 aromatic rings. The molecule has 0 aliphatic carbocycles. The first-order valence-corrected chi connectivity index (χ1v) is 10.0. The predicted molar refractivity (Wildman–Crippen MR) is 105 cm³/mol. The Kier molecular flexibility index (Phi) is 4.95. The lowest BCUT2D eigenvalue weighted by Gasteiger charge is -2.18. The highest BCUT2D eigenvalue weighted by molar-refractivity contribution is 7.92. The average molecular weight is 368 g/mol. The minimum absolute atomic E-state index is 0.121. The van der Waals surface area contributed by atoms with Crippen molar-refractivity contribution >= 4 is 32.4 Å². The van der Waals surface area contributed by atoms with E-state index in [2.05, 4.69) is 22.9 Å². The Morgan fingerprint density at radius 3 is 2.27 bits per heavy atom. The fourth-order valence-electron chi connectivity index (χ4n) is 2.80. The van der Waals surface area contributed by atoms with Crippen molar-refractivity contribution in [2.75, 3.05) is 18.0 Å². The summed E-state index contributed by atoms with van der Waals surface area (Å²) in [4.78, 5) is 14.2. The van der Waals surface area contributed by atoms with E-state index in [4.69, 9.17) is 0 Å². The normalized spacial score (nSPS) is 11.3. The van der Waals surface area contributed by atoms with E-state index in [9.17, 15) is 13.2 Å². The van der Waals surface area contributed by atoms with E-state index in [1.54, 1.807) is 36.2 Å². The van der Waals surface area contributed by atoms with Crippen LogP contribution in [0.25, 0.3) is 10.8 Å². The average Bonchev–Trinajstić information content (AvgIpc) is 2.60. The molecular weight excluding hydrogens is 348 g/mol. The Morgan fingerprint density at radius 2 is 1.62 bits per heavy atom. The molecule has 0 aliphatic rings. The van der Waals surface area contributed by atoms with Crippen molar-refractivity contribution < 1.29 is 13.2 Å².